The van der Waals surface area contributed by atoms with Gasteiger partial charge in [0.2, 0.25) is 11.8 Å². The van der Waals surface area contributed by atoms with Crippen molar-refractivity contribution < 1.29 is 28.3 Å². The fourth-order valence-corrected chi connectivity index (χ4v) is 4.80. The third-order valence-corrected chi connectivity index (χ3v) is 6.76. The number of nitrogens with zero attached hydrogens (tertiary/aromatic N) is 3. The first kappa shape index (κ1) is 27.8. The molecule has 3 N–H and O–H groups in total. The maximum atomic E-state index is 13.9. The number of carbonyl (C=O) groups excluding carboxylic acids is 3. The first-order valence-electron chi connectivity index (χ1n) is 12.5. The van der Waals surface area contributed by atoms with Crippen molar-refractivity contribution in [3.8, 4) is 0 Å². The Labute approximate surface area is 210 Å². The predicted molar refractivity (Wildman–Crippen MR) is 130 cm³/mol. The Bertz CT molecular complexity index is 927. The van der Waals surface area contributed by atoms with E-state index in [1.807, 2.05) is 6.92 Å². The molecule has 4 atom stereocenters. The fraction of sp³-hybridized carbons (Fsp3) is 0.640. The van der Waals surface area contributed by atoms with Crippen LogP contribution in [0.4, 0.5) is 13.6 Å². The molecule has 2 saturated heterocycles. The van der Waals surface area contributed by atoms with Gasteiger partial charge in [0.1, 0.15) is 11.6 Å². The molecule has 2 heterocycles. The molecule has 2 fully saturated rings. The first-order chi connectivity index (χ1) is 17.1. The predicted octanol–water partition coefficient (Wildman–Crippen LogP) is 0.957. The minimum absolute atomic E-state index is 0.0262. The Hall–Kier alpha value is -2.79. The minimum atomic E-state index is -1.16. The van der Waals surface area contributed by atoms with Crippen LogP contribution in [-0.4, -0.2) is 103 Å². The van der Waals surface area contributed by atoms with Crippen LogP contribution in [0.5, 0.6) is 0 Å². The number of hydrogen-bond donors (Lipinski definition) is 3. The number of aliphatic hydroxyl groups excluding tert-OH is 1. The monoisotopic (exact) mass is 509 g/mol. The third kappa shape index (κ3) is 7.13. The lowest BCUT2D eigenvalue weighted by molar-refractivity contribution is -0.129. The van der Waals surface area contributed by atoms with Gasteiger partial charge in [-0.1, -0.05) is 13.3 Å². The summed E-state index contributed by atoms with van der Waals surface area (Å²) in [5, 5.41) is 17.3. The zero-order valence-electron chi connectivity index (χ0n) is 21.2. The molecule has 200 valence electrons. The molecule has 9 nitrogen and oxygen atoms in total. The van der Waals surface area contributed by atoms with Crippen molar-refractivity contribution in [2.45, 2.75) is 50.8 Å². The highest BCUT2D eigenvalue weighted by Crippen LogP contribution is 2.21. The standard InChI is InChI=1S/C25H37F2N5O4/c1-4-5-7-31-14-17(12-22(31)33)24(35)29-20(11-16-9-18(26)13-19(27)10-16)23(34)21-15-32(8-6-28-21)25(36)30(2)3/h9-10,13,17,20-21,23,28,34H,4-8,11-12,14-15H2,1-3H3,(H,29,35)/t17?,20?,21-,23+/m1/s1. The molecule has 0 bridgehead atoms. The largest absolute Gasteiger partial charge is 0.389 e. The molecule has 0 saturated carbocycles. The Balaban J connectivity index is 1.76. The van der Waals surface area contributed by atoms with Crippen LogP contribution in [0.25, 0.3) is 0 Å². The van der Waals surface area contributed by atoms with Crippen molar-refractivity contribution in [2.75, 3.05) is 46.8 Å². The number of carbonyl (C=O) groups is 3. The number of unbranched alkanes of at least 4 members (excludes halogenated alkanes) is 1. The van der Waals surface area contributed by atoms with Gasteiger partial charge < -0.3 is 30.4 Å². The lowest BCUT2D eigenvalue weighted by Gasteiger charge is -2.39. The molecule has 1 aromatic rings. The molecule has 2 aliphatic rings. The molecule has 0 spiro atoms. The van der Waals surface area contributed by atoms with Crippen molar-refractivity contribution in [3.63, 3.8) is 0 Å². The van der Waals surface area contributed by atoms with E-state index in [4.69, 9.17) is 0 Å². The zero-order valence-corrected chi connectivity index (χ0v) is 21.2. The number of urea groups is 1. The molecule has 0 aromatic heterocycles. The summed E-state index contributed by atoms with van der Waals surface area (Å²) in [6.07, 6.45) is 0.677. The van der Waals surface area contributed by atoms with E-state index < -0.39 is 35.7 Å². The molecule has 2 unspecified atom stereocenters. The van der Waals surface area contributed by atoms with Crippen molar-refractivity contribution >= 4 is 17.8 Å². The summed E-state index contributed by atoms with van der Waals surface area (Å²) in [5.41, 5.74) is 0.279. The van der Waals surface area contributed by atoms with Crippen LogP contribution in [-0.2, 0) is 16.0 Å². The lowest BCUT2D eigenvalue weighted by atomic mass is 9.94. The van der Waals surface area contributed by atoms with E-state index in [0.717, 1.165) is 31.0 Å². The van der Waals surface area contributed by atoms with Crippen LogP contribution in [0.1, 0.15) is 31.7 Å². The van der Waals surface area contributed by atoms with Gasteiger partial charge in [0.25, 0.3) is 0 Å². The van der Waals surface area contributed by atoms with E-state index in [1.165, 1.54) is 4.90 Å². The van der Waals surface area contributed by atoms with E-state index in [2.05, 4.69) is 10.6 Å². The van der Waals surface area contributed by atoms with Crippen LogP contribution in [0.3, 0.4) is 0 Å². The Morgan fingerprint density at radius 1 is 1.22 bits per heavy atom. The number of hydrogen-bond acceptors (Lipinski definition) is 5. The van der Waals surface area contributed by atoms with Gasteiger partial charge in [-0.2, -0.15) is 0 Å². The van der Waals surface area contributed by atoms with Crippen LogP contribution in [0, 0.1) is 17.6 Å². The molecule has 1 aromatic carbocycles. The number of nitrogens with one attached hydrogen (secondary N) is 2. The van der Waals surface area contributed by atoms with Gasteiger partial charge in [-0.3, -0.25) is 9.59 Å². The average molecular weight is 510 g/mol. The second-order valence-corrected chi connectivity index (χ2v) is 9.87. The van der Waals surface area contributed by atoms with Crippen LogP contribution >= 0.6 is 0 Å². The molecular formula is C25H37F2N5O4. The van der Waals surface area contributed by atoms with Crippen molar-refractivity contribution in [1.29, 1.82) is 0 Å². The number of rotatable bonds is 9. The topological polar surface area (TPSA) is 105 Å². The molecule has 3 rings (SSSR count). The summed E-state index contributed by atoms with van der Waals surface area (Å²) in [7, 11) is 3.29. The quantitative estimate of drug-likeness (QED) is 0.460. The number of benzene rings is 1. The molecular weight excluding hydrogens is 472 g/mol. The van der Waals surface area contributed by atoms with Gasteiger partial charge in [0.05, 0.1) is 24.1 Å². The second kappa shape index (κ2) is 12.4. The average Bonchev–Trinajstić information content (AvgIpc) is 3.21. The van der Waals surface area contributed by atoms with E-state index in [-0.39, 0.29) is 42.8 Å². The van der Waals surface area contributed by atoms with Crippen LogP contribution in [0.15, 0.2) is 18.2 Å². The second-order valence-electron chi connectivity index (χ2n) is 9.87. The summed E-state index contributed by atoms with van der Waals surface area (Å²) in [5.74, 6) is -2.55. The number of aliphatic hydroxyl groups is 1. The van der Waals surface area contributed by atoms with E-state index in [0.29, 0.717) is 26.2 Å². The zero-order chi connectivity index (χ0) is 26.4. The number of likely N-dealkylation sites (tertiary alicyclic amines) is 1. The van der Waals surface area contributed by atoms with Gasteiger partial charge in [-0.25, -0.2) is 13.6 Å². The third-order valence-electron chi connectivity index (χ3n) is 6.76. The first-order valence-corrected chi connectivity index (χ1v) is 12.5. The van der Waals surface area contributed by atoms with Crippen LogP contribution in [0.2, 0.25) is 0 Å². The maximum Gasteiger partial charge on any atom is 0.319 e. The van der Waals surface area contributed by atoms with Gasteiger partial charge >= 0.3 is 6.03 Å². The molecule has 2 aliphatic heterocycles. The minimum Gasteiger partial charge on any atom is -0.389 e. The molecule has 36 heavy (non-hydrogen) atoms. The highest BCUT2D eigenvalue weighted by atomic mass is 19.1. The van der Waals surface area contributed by atoms with Gasteiger partial charge in [0, 0.05) is 59.3 Å². The Kier molecular flexibility index (Phi) is 9.61. The summed E-state index contributed by atoms with van der Waals surface area (Å²) in [4.78, 5) is 42.7. The molecule has 0 radical (unpaired) electrons. The van der Waals surface area contributed by atoms with E-state index in [1.54, 1.807) is 23.9 Å². The number of amides is 4. The molecule has 4 amide bonds. The molecule has 0 aliphatic carbocycles. The van der Waals surface area contributed by atoms with E-state index in [9.17, 15) is 28.3 Å². The van der Waals surface area contributed by atoms with Crippen molar-refractivity contribution in [1.82, 2.24) is 25.3 Å². The highest BCUT2D eigenvalue weighted by molar-refractivity contribution is 5.89. The lowest BCUT2D eigenvalue weighted by Crippen LogP contribution is -2.63. The normalized spacial score (nSPS) is 21.9. The summed E-state index contributed by atoms with van der Waals surface area (Å²) >= 11 is 0. The summed E-state index contributed by atoms with van der Waals surface area (Å²) in [6.45, 7) is 4.03. The number of halogens is 2. The van der Waals surface area contributed by atoms with Crippen LogP contribution < -0.4 is 10.6 Å². The van der Waals surface area contributed by atoms with Gasteiger partial charge in [-0.15, -0.1) is 0 Å². The Morgan fingerprint density at radius 3 is 2.56 bits per heavy atom. The summed E-state index contributed by atoms with van der Waals surface area (Å²) < 4.78 is 27.7. The molecule has 11 heteroatoms. The SMILES string of the molecule is CCCCN1CC(C(=O)NC(Cc2cc(F)cc(F)c2)[C@H](O)[C@H]2CN(C(=O)N(C)C)CCN2)CC1=O. The maximum absolute atomic E-state index is 13.9. The number of piperazine rings is 1. The van der Waals surface area contributed by atoms with Gasteiger partial charge in [0.15, 0.2) is 0 Å². The smallest absolute Gasteiger partial charge is 0.319 e. The summed E-state index contributed by atoms with van der Waals surface area (Å²) in [6, 6.07) is 1.42. The Morgan fingerprint density at radius 2 is 1.92 bits per heavy atom. The van der Waals surface area contributed by atoms with Crippen molar-refractivity contribution in [2.24, 2.45) is 5.92 Å². The van der Waals surface area contributed by atoms with Crippen molar-refractivity contribution in [3.05, 3.63) is 35.4 Å². The fourth-order valence-electron chi connectivity index (χ4n) is 4.80. The van der Waals surface area contributed by atoms with E-state index >= 15 is 0 Å². The highest BCUT2D eigenvalue weighted by Gasteiger charge is 2.38. The van der Waals surface area contributed by atoms with Gasteiger partial charge in [-0.05, 0) is 30.5 Å².